The molecule has 1 atom stereocenters. The smallest absolute Gasteiger partial charge is 0.171 e. The van der Waals surface area contributed by atoms with Gasteiger partial charge in [0.1, 0.15) is 0 Å². The number of nitrogens with one attached hydrogen (secondary N) is 2. The SMILES string of the molecule is CN=C1NNCC(CBr)S1. The monoisotopic (exact) mass is 223 g/mol. The second kappa shape index (κ2) is 4.20. The van der Waals surface area contributed by atoms with E-state index in [0.29, 0.717) is 5.25 Å². The van der Waals surface area contributed by atoms with Crippen LogP contribution in [0.25, 0.3) is 0 Å². The predicted molar refractivity (Wildman–Crippen MR) is 49.7 cm³/mol. The molecule has 10 heavy (non-hydrogen) atoms. The maximum Gasteiger partial charge on any atom is 0.171 e. The molecule has 5 heteroatoms. The highest BCUT2D eigenvalue weighted by atomic mass is 79.9. The van der Waals surface area contributed by atoms with Gasteiger partial charge in [0.05, 0.1) is 0 Å². The number of hydrogen-bond acceptors (Lipinski definition) is 3. The maximum absolute atomic E-state index is 4.03. The van der Waals surface area contributed by atoms with Crippen molar-refractivity contribution in [2.24, 2.45) is 4.99 Å². The number of alkyl halides is 1. The average Bonchev–Trinajstić information content (AvgIpc) is 2.05. The summed E-state index contributed by atoms with van der Waals surface area (Å²) in [6, 6.07) is 0. The molecule has 58 valence electrons. The Morgan fingerprint density at radius 2 is 2.70 bits per heavy atom. The number of halogens is 1. The minimum absolute atomic E-state index is 0.597. The first-order chi connectivity index (χ1) is 4.86. The Kier molecular flexibility index (Phi) is 3.51. The fraction of sp³-hybridized carbons (Fsp3) is 0.800. The second-order valence-electron chi connectivity index (χ2n) is 1.93. The van der Waals surface area contributed by atoms with E-state index in [1.165, 1.54) is 0 Å². The highest BCUT2D eigenvalue weighted by Crippen LogP contribution is 2.15. The van der Waals surface area contributed by atoms with Crippen LogP contribution in [0.15, 0.2) is 4.99 Å². The Morgan fingerprint density at radius 3 is 3.30 bits per heavy atom. The van der Waals surface area contributed by atoms with Crippen LogP contribution in [0.5, 0.6) is 0 Å². The highest BCUT2D eigenvalue weighted by Gasteiger charge is 2.15. The topological polar surface area (TPSA) is 36.4 Å². The predicted octanol–water partition coefficient (Wildman–Crippen LogP) is 0.577. The minimum Gasteiger partial charge on any atom is -0.301 e. The van der Waals surface area contributed by atoms with E-state index >= 15 is 0 Å². The average molecular weight is 224 g/mol. The van der Waals surface area contributed by atoms with Gasteiger partial charge >= 0.3 is 0 Å². The summed E-state index contributed by atoms with van der Waals surface area (Å²) >= 11 is 5.18. The van der Waals surface area contributed by atoms with Crippen LogP contribution in [0.2, 0.25) is 0 Å². The zero-order valence-corrected chi connectivity index (χ0v) is 8.13. The van der Waals surface area contributed by atoms with Crippen LogP contribution in [0.3, 0.4) is 0 Å². The van der Waals surface area contributed by atoms with Crippen LogP contribution < -0.4 is 10.9 Å². The number of hydrazine groups is 1. The molecule has 1 fully saturated rings. The zero-order valence-electron chi connectivity index (χ0n) is 5.72. The van der Waals surface area contributed by atoms with Gasteiger partial charge in [-0.15, -0.1) is 0 Å². The van der Waals surface area contributed by atoms with E-state index in [0.717, 1.165) is 17.0 Å². The number of hydrogen-bond donors (Lipinski definition) is 2. The third kappa shape index (κ3) is 2.14. The zero-order chi connectivity index (χ0) is 7.40. The first-order valence-corrected chi connectivity index (χ1v) is 5.05. The van der Waals surface area contributed by atoms with Crippen LogP contribution in [0.1, 0.15) is 0 Å². The Hall–Kier alpha value is 0.260. The quantitative estimate of drug-likeness (QED) is 0.639. The number of rotatable bonds is 1. The first-order valence-electron chi connectivity index (χ1n) is 3.05. The summed E-state index contributed by atoms with van der Waals surface area (Å²) in [6.07, 6.45) is 0. The number of aliphatic imine (C=N–C) groups is 1. The van der Waals surface area contributed by atoms with Crippen molar-refractivity contribution in [2.75, 3.05) is 18.9 Å². The van der Waals surface area contributed by atoms with Gasteiger partial charge in [-0.25, -0.2) is 5.43 Å². The fourth-order valence-corrected chi connectivity index (χ4v) is 2.07. The molecule has 0 aromatic heterocycles. The van der Waals surface area contributed by atoms with Gasteiger partial charge in [0.25, 0.3) is 0 Å². The van der Waals surface area contributed by atoms with Crippen LogP contribution in [0.4, 0.5) is 0 Å². The van der Waals surface area contributed by atoms with E-state index in [9.17, 15) is 0 Å². The van der Waals surface area contributed by atoms with Crippen molar-refractivity contribution in [1.29, 1.82) is 0 Å². The number of amidine groups is 1. The van der Waals surface area contributed by atoms with Crippen molar-refractivity contribution in [1.82, 2.24) is 10.9 Å². The van der Waals surface area contributed by atoms with E-state index in [2.05, 4.69) is 31.8 Å². The van der Waals surface area contributed by atoms with Crippen LogP contribution in [-0.2, 0) is 0 Å². The summed E-state index contributed by atoms with van der Waals surface area (Å²) in [5.74, 6) is 0. The Labute approximate surface area is 73.1 Å². The molecule has 0 bridgehead atoms. The Bertz CT molecular complexity index is 139. The summed E-state index contributed by atoms with van der Waals surface area (Å²) in [4.78, 5) is 4.03. The van der Waals surface area contributed by atoms with Gasteiger partial charge in [0, 0.05) is 24.2 Å². The van der Waals surface area contributed by atoms with Crippen molar-refractivity contribution < 1.29 is 0 Å². The summed E-state index contributed by atoms with van der Waals surface area (Å²) in [6.45, 7) is 0.981. The lowest BCUT2D eigenvalue weighted by molar-refractivity contribution is 0.646. The molecule has 0 radical (unpaired) electrons. The molecular formula is C5H10BrN3S. The third-order valence-electron chi connectivity index (χ3n) is 1.18. The van der Waals surface area contributed by atoms with Gasteiger partial charge < -0.3 is 5.43 Å². The summed E-state index contributed by atoms with van der Waals surface area (Å²) in [5.41, 5.74) is 6.03. The van der Waals surface area contributed by atoms with Crippen LogP contribution in [0, 0.1) is 0 Å². The molecule has 0 amide bonds. The number of thioether (sulfide) groups is 1. The van der Waals surface area contributed by atoms with Gasteiger partial charge in [-0.1, -0.05) is 27.7 Å². The van der Waals surface area contributed by atoms with E-state index in [1.807, 2.05) is 0 Å². The molecule has 1 aliphatic rings. The maximum atomic E-state index is 4.03. The standard InChI is InChI=1S/C5H10BrN3S/c1-7-5-9-8-3-4(2-6)10-5/h4,8H,2-3H2,1H3,(H,7,9). The normalized spacial score (nSPS) is 30.2. The minimum atomic E-state index is 0.597. The second-order valence-corrected chi connectivity index (χ2v) is 3.87. The summed E-state index contributed by atoms with van der Waals surface area (Å²) < 4.78 is 0. The van der Waals surface area contributed by atoms with Crippen LogP contribution >= 0.6 is 27.7 Å². The molecule has 1 saturated heterocycles. The Balaban J connectivity index is 2.39. The molecular weight excluding hydrogens is 214 g/mol. The van der Waals surface area contributed by atoms with Gasteiger partial charge in [0.15, 0.2) is 5.17 Å². The lowest BCUT2D eigenvalue weighted by Gasteiger charge is -2.22. The molecule has 1 rings (SSSR count). The van der Waals surface area contributed by atoms with E-state index in [-0.39, 0.29) is 0 Å². The van der Waals surface area contributed by atoms with Gasteiger partial charge in [0.2, 0.25) is 0 Å². The number of nitrogens with zero attached hydrogens (tertiary/aromatic N) is 1. The van der Waals surface area contributed by atoms with E-state index in [1.54, 1.807) is 18.8 Å². The molecule has 1 aliphatic heterocycles. The van der Waals surface area contributed by atoms with E-state index in [4.69, 9.17) is 0 Å². The lowest BCUT2D eigenvalue weighted by atomic mass is 10.5. The van der Waals surface area contributed by atoms with Crippen molar-refractivity contribution in [3.8, 4) is 0 Å². The van der Waals surface area contributed by atoms with Crippen molar-refractivity contribution in [3.05, 3.63) is 0 Å². The molecule has 0 aliphatic carbocycles. The first kappa shape index (κ1) is 8.36. The van der Waals surface area contributed by atoms with Gasteiger partial charge in [-0.05, 0) is 0 Å². The molecule has 1 unspecified atom stereocenters. The van der Waals surface area contributed by atoms with E-state index < -0.39 is 0 Å². The third-order valence-corrected chi connectivity index (χ3v) is 3.56. The van der Waals surface area contributed by atoms with Crippen molar-refractivity contribution in [2.45, 2.75) is 5.25 Å². The summed E-state index contributed by atoms with van der Waals surface area (Å²) in [7, 11) is 1.79. The fourth-order valence-electron chi connectivity index (χ4n) is 0.664. The molecule has 1 heterocycles. The molecule has 2 N–H and O–H groups in total. The van der Waals surface area contributed by atoms with Crippen LogP contribution in [-0.4, -0.2) is 29.3 Å². The van der Waals surface area contributed by atoms with Gasteiger partial charge in [-0.2, -0.15) is 0 Å². The largest absolute Gasteiger partial charge is 0.301 e. The highest BCUT2D eigenvalue weighted by molar-refractivity contribution is 9.09. The van der Waals surface area contributed by atoms with Gasteiger partial charge in [-0.3, -0.25) is 4.99 Å². The molecule has 0 spiro atoms. The molecule has 0 aromatic carbocycles. The molecule has 0 saturated carbocycles. The van der Waals surface area contributed by atoms with Crippen molar-refractivity contribution >= 4 is 32.9 Å². The Morgan fingerprint density at radius 1 is 1.90 bits per heavy atom. The molecule has 0 aromatic rings. The summed E-state index contributed by atoms with van der Waals surface area (Å²) in [5, 5.41) is 2.57. The lowest BCUT2D eigenvalue weighted by Crippen LogP contribution is -2.46. The molecule has 3 nitrogen and oxygen atoms in total. The van der Waals surface area contributed by atoms with Crippen molar-refractivity contribution in [3.63, 3.8) is 0 Å².